The highest BCUT2D eigenvalue weighted by molar-refractivity contribution is 5.81. The second kappa shape index (κ2) is 6.85. The van der Waals surface area contributed by atoms with E-state index in [2.05, 4.69) is 11.3 Å². The van der Waals surface area contributed by atoms with Crippen molar-refractivity contribution in [3.63, 3.8) is 0 Å². The molecular formula is C9H19NO2. The molecule has 0 bridgehead atoms. The van der Waals surface area contributed by atoms with Gasteiger partial charge in [-0.3, -0.25) is 0 Å². The molecule has 0 aliphatic rings. The van der Waals surface area contributed by atoms with Crippen molar-refractivity contribution < 1.29 is 9.53 Å². The van der Waals surface area contributed by atoms with Crippen molar-refractivity contribution in [3.8, 4) is 0 Å². The SMILES string of the molecule is C=CC(=O)OCC.CC(C)(C)N. The van der Waals surface area contributed by atoms with Crippen LogP contribution >= 0.6 is 0 Å². The van der Waals surface area contributed by atoms with Crippen LogP contribution in [0.25, 0.3) is 0 Å². The minimum atomic E-state index is -0.359. The van der Waals surface area contributed by atoms with E-state index in [1.165, 1.54) is 0 Å². The van der Waals surface area contributed by atoms with Gasteiger partial charge in [-0.1, -0.05) is 6.58 Å². The fourth-order valence-electron chi connectivity index (χ4n) is 0.201. The van der Waals surface area contributed by atoms with Crippen LogP contribution in [-0.2, 0) is 9.53 Å². The molecule has 0 aliphatic heterocycles. The maximum atomic E-state index is 10.1. The summed E-state index contributed by atoms with van der Waals surface area (Å²) in [6, 6.07) is 0. The summed E-state index contributed by atoms with van der Waals surface area (Å²) >= 11 is 0. The van der Waals surface area contributed by atoms with Crippen molar-refractivity contribution in [1.82, 2.24) is 0 Å². The summed E-state index contributed by atoms with van der Waals surface area (Å²) in [6.07, 6.45) is 1.14. The maximum Gasteiger partial charge on any atom is 0.330 e. The van der Waals surface area contributed by atoms with E-state index >= 15 is 0 Å². The van der Waals surface area contributed by atoms with Crippen molar-refractivity contribution in [3.05, 3.63) is 12.7 Å². The van der Waals surface area contributed by atoms with E-state index in [4.69, 9.17) is 5.73 Å². The summed E-state index contributed by atoms with van der Waals surface area (Å²) in [6.45, 7) is 11.3. The van der Waals surface area contributed by atoms with Gasteiger partial charge in [0.25, 0.3) is 0 Å². The monoisotopic (exact) mass is 173 g/mol. The molecule has 0 unspecified atom stereocenters. The van der Waals surface area contributed by atoms with Crippen LogP contribution in [-0.4, -0.2) is 18.1 Å². The molecule has 0 fully saturated rings. The van der Waals surface area contributed by atoms with Gasteiger partial charge >= 0.3 is 5.97 Å². The van der Waals surface area contributed by atoms with Crippen LogP contribution in [0.5, 0.6) is 0 Å². The predicted molar refractivity (Wildman–Crippen MR) is 50.8 cm³/mol. The Morgan fingerprint density at radius 3 is 2.00 bits per heavy atom. The molecule has 0 atom stereocenters. The van der Waals surface area contributed by atoms with Gasteiger partial charge in [-0.05, 0) is 27.7 Å². The van der Waals surface area contributed by atoms with Crippen LogP contribution < -0.4 is 5.73 Å². The van der Waals surface area contributed by atoms with Gasteiger partial charge in [-0.2, -0.15) is 0 Å². The second-order valence-electron chi connectivity index (χ2n) is 3.32. The fourth-order valence-corrected chi connectivity index (χ4v) is 0.201. The Balaban J connectivity index is 0. The molecule has 2 N–H and O–H groups in total. The summed E-state index contributed by atoms with van der Waals surface area (Å²) in [7, 11) is 0. The van der Waals surface area contributed by atoms with Gasteiger partial charge in [0.1, 0.15) is 0 Å². The van der Waals surface area contributed by atoms with Crippen molar-refractivity contribution >= 4 is 5.97 Å². The molecule has 0 rings (SSSR count). The molecule has 0 radical (unpaired) electrons. The first-order valence-electron chi connectivity index (χ1n) is 3.89. The van der Waals surface area contributed by atoms with E-state index in [1.807, 2.05) is 20.8 Å². The predicted octanol–water partition coefficient (Wildman–Crippen LogP) is 1.48. The Labute approximate surface area is 74.6 Å². The zero-order chi connectivity index (χ0) is 10.2. The lowest BCUT2D eigenvalue weighted by atomic mass is 10.1. The largest absolute Gasteiger partial charge is 0.463 e. The molecular weight excluding hydrogens is 154 g/mol. The van der Waals surface area contributed by atoms with E-state index in [0.717, 1.165) is 6.08 Å². The van der Waals surface area contributed by atoms with Crippen molar-refractivity contribution in [2.24, 2.45) is 5.73 Å². The molecule has 12 heavy (non-hydrogen) atoms. The van der Waals surface area contributed by atoms with E-state index in [0.29, 0.717) is 6.61 Å². The number of ether oxygens (including phenoxy) is 1. The first-order chi connectivity index (χ1) is 5.31. The van der Waals surface area contributed by atoms with Gasteiger partial charge in [-0.15, -0.1) is 0 Å². The number of hydrogen-bond donors (Lipinski definition) is 1. The third-order valence-corrected chi connectivity index (χ3v) is 0.453. The minimum absolute atomic E-state index is 0. The molecule has 3 heteroatoms. The Bertz CT molecular complexity index is 130. The zero-order valence-corrected chi connectivity index (χ0v) is 8.39. The molecule has 0 aromatic heterocycles. The molecule has 0 spiro atoms. The minimum Gasteiger partial charge on any atom is -0.463 e. The third kappa shape index (κ3) is 35.2. The van der Waals surface area contributed by atoms with Crippen LogP contribution in [0.3, 0.4) is 0 Å². The molecule has 0 aromatic carbocycles. The third-order valence-electron chi connectivity index (χ3n) is 0.453. The highest BCUT2D eigenvalue weighted by Crippen LogP contribution is 1.88. The van der Waals surface area contributed by atoms with Crippen molar-refractivity contribution in [2.45, 2.75) is 33.2 Å². The highest BCUT2D eigenvalue weighted by atomic mass is 16.5. The van der Waals surface area contributed by atoms with Crippen LogP contribution in [0.2, 0.25) is 0 Å². The lowest BCUT2D eigenvalue weighted by molar-refractivity contribution is -0.137. The van der Waals surface area contributed by atoms with Crippen LogP contribution in [0, 0.1) is 0 Å². The number of nitrogens with two attached hydrogens (primary N) is 1. The number of rotatable bonds is 2. The Hall–Kier alpha value is -0.830. The summed E-state index contributed by atoms with van der Waals surface area (Å²) in [5.41, 5.74) is 5.35. The molecule has 72 valence electrons. The van der Waals surface area contributed by atoms with Gasteiger partial charge in [0.2, 0.25) is 0 Å². The van der Waals surface area contributed by atoms with Gasteiger partial charge in [-0.25, -0.2) is 4.79 Å². The highest BCUT2D eigenvalue weighted by Gasteiger charge is 1.95. The Morgan fingerprint density at radius 2 is 1.92 bits per heavy atom. The standard InChI is InChI=1S/C5H8O2.C4H11N/c1-3-5(6)7-4-2;1-4(2,3)5/h3H,1,4H2,2H3;5H2,1-3H3. The van der Waals surface area contributed by atoms with Gasteiger partial charge in [0.05, 0.1) is 6.61 Å². The van der Waals surface area contributed by atoms with Gasteiger partial charge in [0, 0.05) is 11.6 Å². The molecule has 3 nitrogen and oxygen atoms in total. The lowest BCUT2D eigenvalue weighted by Gasteiger charge is -2.06. The average molecular weight is 173 g/mol. The van der Waals surface area contributed by atoms with Gasteiger partial charge in [0.15, 0.2) is 0 Å². The molecule has 0 amide bonds. The quantitative estimate of drug-likeness (QED) is 0.508. The van der Waals surface area contributed by atoms with Crippen LogP contribution in [0.1, 0.15) is 27.7 Å². The first-order valence-corrected chi connectivity index (χ1v) is 3.89. The Morgan fingerprint density at radius 1 is 1.58 bits per heavy atom. The lowest BCUT2D eigenvalue weighted by Crippen LogP contribution is -2.26. The number of esters is 1. The fraction of sp³-hybridized carbons (Fsp3) is 0.667. The smallest absolute Gasteiger partial charge is 0.330 e. The summed E-state index contributed by atoms with van der Waals surface area (Å²) in [4.78, 5) is 10.1. The number of hydrogen-bond acceptors (Lipinski definition) is 3. The molecule has 0 saturated heterocycles. The average Bonchev–Trinajstić information content (AvgIpc) is 1.85. The second-order valence-corrected chi connectivity index (χ2v) is 3.32. The summed E-state index contributed by atoms with van der Waals surface area (Å²) in [5.74, 6) is -0.359. The normalized spacial score (nSPS) is 9.42. The van der Waals surface area contributed by atoms with E-state index < -0.39 is 0 Å². The zero-order valence-electron chi connectivity index (χ0n) is 8.39. The van der Waals surface area contributed by atoms with Crippen LogP contribution in [0.4, 0.5) is 0 Å². The number of carbonyl (C=O) groups is 1. The molecule has 0 aliphatic carbocycles. The van der Waals surface area contributed by atoms with Crippen molar-refractivity contribution in [1.29, 1.82) is 0 Å². The van der Waals surface area contributed by atoms with E-state index in [9.17, 15) is 4.79 Å². The van der Waals surface area contributed by atoms with E-state index in [-0.39, 0.29) is 11.5 Å². The molecule has 0 heterocycles. The van der Waals surface area contributed by atoms with Gasteiger partial charge < -0.3 is 10.5 Å². The maximum absolute atomic E-state index is 10.1. The number of carbonyl (C=O) groups excluding carboxylic acids is 1. The molecule has 0 aromatic rings. The van der Waals surface area contributed by atoms with Crippen molar-refractivity contribution in [2.75, 3.05) is 6.61 Å². The van der Waals surface area contributed by atoms with E-state index in [1.54, 1.807) is 6.92 Å². The summed E-state index contributed by atoms with van der Waals surface area (Å²) in [5, 5.41) is 0. The first kappa shape index (κ1) is 13.7. The molecule has 0 saturated carbocycles. The van der Waals surface area contributed by atoms with Crippen LogP contribution in [0.15, 0.2) is 12.7 Å². The summed E-state index contributed by atoms with van der Waals surface area (Å²) < 4.78 is 4.43. The Kier molecular flexibility index (Phi) is 7.85. The topological polar surface area (TPSA) is 52.3 Å².